The van der Waals surface area contributed by atoms with Gasteiger partial charge in [-0.05, 0) is 0 Å². The molecule has 1 fully saturated rings. The van der Waals surface area contributed by atoms with Crippen LogP contribution in [-0.2, 0) is 4.79 Å². The topological polar surface area (TPSA) is 56.2 Å². The van der Waals surface area contributed by atoms with Crippen LogP contribution in [-0.4, -0.2) is 46.4 Å². The molecule has 1 aromatic carbocycles. The first-order valence-corrected chi connectivity index (χ1v) is 5.70. The first kappa shape index (κ1) is 10.8. The molecular weight excluding hydrogens is 232 g/mol. The number of nitrogens with zero attached hydrogens (tertiary/aromatic N) is 4. The lowest BCUT2D eigenvalue weighted by atomic mass is 10.2. The second-order valence-corrected chi connectivity index (χ2v) is 4.17. The fourth-order valence-corrected chi connectivity index (χ4v) is 2.12. The van der Waals surface area contributed by atoms with Gasteiger partial charge in [0.2, 0.25) is 5.91 Å². The summed E-state index contributed by atoms with van der Waals surface area (Å²) in [6.07, 6.45) is 0.339. The van der Waals surface area contributed by atoms with Crippen molar-refractivity contribution in [1.82, 2.24) is 15.0 Å². The fraction of sp³-hybridized carbons (Fsp3) is 0.250. The van der Waals surface area contributed by atoms with Crippen molar-refractivity contribution in [3.05, 3.63) is 35.9 Å². The van der Waals surface area contributed by atoms with Gasteiger partial charge in [0.25, 0.3) is 0 Å². The number of urea groups is 1. The van der Waals surface area contributed by atoms with E-state index in [9.17, 15) is 9.59 Å². The number of carbonyl (C=O) groups excluding carboxylic acids is 2. The Bertz CT molecular complexity index is 540. The maximum absolute atomic E-state index is 11.9. The summed E-state index contributed by atoms with van der Waals surface area (Å²) in [7, 11) is 1.59. The van der Waals surface area contributed by atoms with Crippen molar-refractivity contribution in [1.29, 1.82) is 0 Å². The summed E-state index contributed by atoms with van der Waals surface area (Å²) >= 11 is 0. The van der Waals surface area contributed by atoms with E-state index < -0.39 is 0 Å². The standard InChI is InChI=1S/C12H12N4O2/c1-14-12(18)15-8-7-10(17)16(15)11(13-14)9-5-3-2-4-6-9/h2-6H,7-8H2,1H3. The van der Waals surface area contributed by atoms with Gasteiger partial charge in [0, 0.05) is 19.0 Å². The Labute approximate surface area is 104 Å². The van der Waals surface area contributed by atoms with Crippen LogP contribution in [0.2, 0.25) is 0 Å². The molecule has 0 spiro atoms. The van der Waals surface area contributed by atoms with Gasteiger partial charge in [0.05, 0.1) is 6.54 Å². The Morgan fingerprint density at radius 2 is 1.89 bits per heavy atom. The van der Waals surface area contributed by atoms with Crippen LogP contribution in [0.5, 0.6) is 0 Å². The number of benzene rings is 1. The first-order chi connectivity index (χ1) is 8.68. The molecule has 6 nitrogen and oxygen atoms in total. The van der Waals surface area contributed by atoms with Crippen LogP contribution >= 0.6 is 0 Å². The molecule has 0 aromatic heterocycles. The zero-order valence-electron chi connectivity index (χ0n) is 9.91. The van der Waals surface area contributed by atoms with Crippen molar-refractivity contribution >= 4 is 17.8 Å². The molecule has 0 saturated carbocycles. The number of amides is 3. The Hall–Kier alpha value is -2.37. The highest BCUT2D eigenvalue weighted by Crippen LogP contribution is 2.22. The van der Waals surface area contributed by atoms with E-state index in [2.05, 4.69) is 5.10 Å². The average Bonchev–Trinajstić information content (AvgIpc) is 2.77. The van der Waals surface area contributed by atoms with Gasteiger partial charge in [0.15, 0.2) is 5.84 Å². The Morgan fingerprint density at radius 3 is 2.61 bits per heavy atom. The van der Waals surface area contributed by atoms with Gasteiger partial charge in [-0.15, -0.1) is 5.10 Å². The third-order valence-electron chi connectivity index (χ3n) is 2.99. The summed E-state index contributed by atoms with van der Waals surface area (Å²) < 4.78 is 0. The second-order valence-electron chi connectivity index (χ2n) is 4.17. The molecule has 0 radical (unpaired) electrons. The van der Waals surface area contributed by atoms with E-state index in [1.54, 1.807) is 7.05 Å². The van der Waals surface area contributed by atoms with E-state index >= 15 is 0 Å². The fourth-order valence-electron chi connectivity index (χ4n) is 2.12. The molecule has 0 bridgehead atoms. The van der Waals surface area contributed by atoms with Crippen molar-refractivity contribution in [3.8, 4) is 0 Å². The number of carbonyl (C=O) groups is 2. The summed E-state index contributed by atoms with van der Waals surface area (Å²) in [6.45, 7) is 0.411. The average molecular weight is 244 g/mol. The van der Waals surface area contributed by atoms with Crippen molar-refractivity contribution in [2.75, 3.05) is 13.6 Å². The van der Waals surface area contributed by atoms with Crippen molar-refractivity contribution in [3.63, 3.8) is 0 Å². The molecule has 6 heteroatoms. The zero-order valence-corrected chi connectivity index (χ0v) is 9.91. The molecule has 18 heavy (non-hydrogen) atoms. The number of rotatable bonds is 1. The Balaban J connectivity index is 2.09. The maximum Gasteiger partial charge on any atom is 0.359 e. The Morgan fingerprint density at radius 1 is 1.17 bits per heavy atom. The molecule has 1 aromatic rings. The highest BCUT2D eigenvalue weighted by Gasteiger charge is 2.41. The van der Waals surface area contributed by atoms with Crippen molar-refractivity contribution in [2.24, 2.45) is 5.10 Å². The highest BCUT2D eigenvalue weighted by atomic mass is 16.2. The number of hydrazine groups is 1. The van der Waals surface area contributed by atoms with Gasteiger partial charge < -0.3 is 0 Å². The molecule has 3 amide bonds. The SMILES string of the molecule is CN1N=C(c2ccccc2)N2C(=O)CCN2C1=O. The monoisotopic (exact) mass is 244 g/mol. The third-order valence-corrected chi connectivity index (χ3v) is 2.99. The minimum Gasteiger partial charge on any atom is -0.272 e. The highest BCUT2D eigenvalue weighted by molar-refractivity contribution is 6.11. The number of hydrazone groups is 1. The predicted octanol–water partition coefficient (Wildman–Crippen LogP) is 0.863. The van der Waals surface area contributed by atoms with Gasteiger partial charge >= 0.3 is 6.03 Å². The number of fused-ring (bicyclic) bond motifs is 1. The van der Waals surface area contributed by atoms with E-state index in [0.717, 1.165) is 5.56 Å². The van der Waals surface area contributed by atoms with E-state index in [0.29, 0.717) is 18.8 Å². The molecule has 0 aliphatic carbocycles. The van der Waals surface area contributed by atoms with E-state index in [1.165, 1.54) is 15.0 Å². The van der Waals surface area contributed by atoms with E-state index in [-0.39, 0.29) is 11.9 Å². The summed E-state index contributed by atoms with van der Waals surface area (Å²) in [5.41, 5.74) is 0.817. The molecular formula is C12H12N4O2. The van der Waals surface area contributed by atoms with Gasteiger partial charge in [-0.25, -0.2) is 14.8 Å². The predicted molar refractivity (Wildman–Crippen MR) is 64.3 cm³/mol. The van der Waals surface area contributed by atoms with Crippen LogP contribution in [0.15, 0.2) is 35.4 Å². The quantitative estimate of drug-likeness (QED) is 0.735. The normalized spacial score (nSPS) is 19.2. The van der Waals surface area contributed by atoms with Crippen LogP contribution in [0.4, 0.5) is 4.79 Å². The number of hydrogen-bond acceptors (Lipinski definition) is 3. The molecule has 92 valence electrons. The van der Waals surface area contributed by atoms with Crippen LogP contribution in [0, 0.1) is 0 Å². The largest absolute Gasteiger partial charge is 0.359 e. The summed E-state index contributed by atoms with van der Waals surface area (Å²) in [5, 5.41) is 8.25. The molecule has 0 unspecified atom stereocenters. The van der Waals surface area contributed by atoms with Crippen molar-refractivity contribution in [2.45, 2.75) is 6.42 Å². The molecule has 1 saturated heterocycles. The minimum absolute atomic E-state index is 0.0981. The summed E-state index contributed by atoms with van der Waals surface area (Å²) in [5.74, 6) is 0.402. The molecule has 2 aliphatic heterocycles. The van der Waals surface area contributed by atoms with Crippen LogP contribution in [0.3, 0.4) is 0 Å². The smallest absolute Gasteiger partial charge is 0.272 e. The van der Waals surface area contributed by atoms with E-state index in [1.807, 2.05) is 30.3 Å². The molecule has 2 heterocycles. The zero-order chi connectivity index (χ0) is 12.7. The lowest BCUT2D eigenvalue weighted by Crippen LogP contribution is -2.54. The van der Waals surface area contributed by atoms with Gasteiger partial charge in [-0.1, -0.05) is 30.3 Å². The molecule has 3 rings (SSSR count). The molecule has 0 atom stereocenters. The maximum atomic E-state index is 11.9. The first-order valence-electron chi connectivity index (χ1n) is 5.70. The molecule has 2 aliphatic rings. The van der Waals surface area contributed by atoms with E-state index in [4.69, 9.17) is 0 Å². The third kappa shape index (κ3) is 1.46. The van der Waals surface area contributed by atoms with Crippen LogP contribution in [0.25, 0.3) is 0 Å². The van der Waals surface area contributed by atoms with Gasteiger partial charge in [-0.3, -0.25) is 4.79 Å². The van der Waals surface area contributed by atoms with Gasteiger partial charge in [0.1, 0.15) is 0 Å². The second kappa shape index (κ2) is 3.83. The van der Waals surface area contributed by atoms with Crippen molar-refractivity contribution < 1.29 is 9.59 Å². The minimum atomic E-state index is -0.277. The van der Waals surface area contributed by atoms with Gasteiger partial charge in [-0.2, -0.15) is 5.01 Å². The number of hydrogen-bond donors (Lipinski definition) is 0. The summed E-state index contributed by atoms with van der Waals surface area (Å²) in [6, 6.07) is 9.10. The lowest BCUT2D eigenvalue weighted by molar-refractivity contribution is -0.129. The van der Waals surface area contributed by atoms with Crippen LogP contribution in [0.1, 0.15) is 12.0 Å². The van der Waals surface area contributed by atoms with Crippen LogP contribution < -0.4 is 0 Å². The molecule has 0 N–H and O–H groups in total. The Kier molecular flexibility index (Phi) is 2.29. The number of amidine groups is 1. The summed E-state index contributed by atoms with van der Waals surface area (Å²) in [4.78, 5) is 23.8. The lowest BCUT2D eigenvalue weighted by Gasteiger charge is -2.35.